The van der Waals surface area contributed by atoms with E-state index in [1.807, 2.05) is 6.07 Å². The van der Waals surface area contributed by atoms with Crippen molar-refractivity contribution in [3.63, 3.8) is 0 Å². The zero-order valence-corrected chi connectivity index (χ0v) is 10.1. The number of carbonyl (C=O) groups excluding carboxylic acids is 1. The van der Waals surface area contributed by atoms with Crippen LogP contribution in [0, 0.1) is 0 Å². The summed E-state index contributed by atoms with van der Waals surface area (Å²) < 4.78 is 0. The molecule has 1 aromatic heterocycles. The molecule has 1 heterocycles. The minimum atomic E-state index is 0.133. The van der Waals surface area contributed by atoms with Gasteiger partial charge in [0.2, 0.25) is 0 Å². The van der Waals surface area contributed by atoms with Crippen LogP contribution in [0.4, 0.5) is 0 Å². The fourth-order valence-electron chi connectivity index (χ4n) is 2.80. The first-order valence-electron chi connectivity index (χ1n) is 6.05. The zero-order chi connectivity index (χ0) is 12.0. The normalized spacial score (nSPS) is 12.4. The number of Topliss-reactive ketones (excluding diaryl/α,β-unsaturated/α-hetero) is 1. The van der Waals surface area contributed by atoms with Crippen LogP contribution < -0.4 is 0 Å². The molecule has 0 amide bonds. The van der Waals surface area contributed by atoms with Gasteiger partial charge in [-0.15, -0.1) is 0 Å². The third-order valence-electron chi connectivity index (χ3n) is 3.58. The van der Waals surface area contributed by atoms with Crippen molar-refractivity contribution in [1.29, 1.82) is 0 Å². The second kappa shape index (κ2) is 3.59. The number of hydrogen-bond acceptors (Lipinski definition) is 1. The predicted molar refractivity (Wildman–Crippen MR) is 68.4 cm³/mol. The number of aromatic nitrogens is 1. The summed E-state index contributed by atoms with van der Waals surface area (Å²) in [4.78, 5) is 14.9. The SMILES string of the molecule is CCc1c(C(C)=O)[nH]c2c1Cc1ccccc1-2. The van der Waals surface area contributed by atoms with E-state index >= 15 is 0 Å². The van der Waals surface area contributed by atoms with E-state index in [2.05, 4.69) is 30.1 Å². The molecule has 0 spiro atoms. The van der Waals surface area contributed by atoms with Crippen molar-refractivity contribution in [3.05, 3.63) is 46.6 Å². The van der Waals surface area contributed by atoms with Crippen molar-refractivity contribution in [2.75, 3.05) is 0 Å². The molecule has 0 fully saturated rings. The molecule has 2 heteroatoms. The molecule has 2 aromatic rings. The first kappa shape index (κ1) is 10.3. The molecule has 1 aromatic carbocycles. The summed E-state index contributed by atoms with van der Waals surface area (Å²) in [7, 11) is 0. The minimum Gasteiger partial charge on any atom is -0.352 e. The molecule has 17 heavy (non-hydrogen) atoms. The summed E-state index contributed by atoms with van der Waals surface area (Å²) in [6, 6.07) is 8.41. The Morgan fingerprint density at radius 3 is 2.82 bits per heavy atom. The fraction of sp³-hybridized carbons (Fsp3) is 0.267. The average molecular weight is 225 g/mol. The molecule has 0 saturated carbocycles. The van der Waals surface area contributed by atoms with Gasteiger partial charge < -0.3 is 4.98 Å². The quantitative estimate of drug-likeness (QED) is 0.666. The van der Waals surface area contributed by atoms with Crippen molar-refractivity contribution in [2.24, 2.45) is 0 Å². The molecule has 1 aliphatic rings. The van der Waals surface area contributed by atoms with Crippen LogP contribution in [0.1, 0.15) is 41.0 Å². The number of ketones is 1. The van der Waals surface area contributed by atoms with Gasteiger partial charge >= 0.3 is 0 Å². The van der Waals surface area contributed by atoms with Crippen LogP contribution in [0.3, 0.4) is 0 Å². The molecule has 0 saturated heterocycles. The summed E-state index contributed by atoms with van der Waals surface area (Å²) in [6.45, 7) is 3.74. The van der Waals surface area contributed by atoms with Gasteiger partial charge in [0.1, 0.15) is 0 Å². The average Bonchev–Trinajstić information content (AvgIpc) is 2.83. The van der Waals surface area contributed by atoms with Crippen molar-refractivity contribution < 1.29 is 4.79 Å². The number of hydrogen-bond donors (Lipinski definition) is 1. The van der Waals surface area contributed by atoms with E-state index < -0.39 is 0 Å². The second-order valence-electron chi connectivity index (χ2n) is 4.58. The summed E-state index contributed by atoms with van der Waals surface area (Å²) in [5.74, 6) is 0.133. The van der Waals surface area contributed by atoms with Gasteiger partial charge in [-0.3, -0.25) is 4.79 Å². The van der Waals surface area contributed by atoms with Gasteiger partial charge in [-0.1, -0.05) is 31.2 Å². The Bertz CT molecular complexity index is 607. The van der Waals surface area contributed by atoms with Crippen molar-refractivity contribution in [1.82, 2.24) is 4.98 Å². The van der Waals surface area contributed by atoms with Gasteiger partial charge in [0.05, 0.1) is 11.4 Å². The van der Waals surface area contributed by atoms with E-state index in [0.717, 1.165) is 24.2 Å². The topological polar surface area (TPSA) is 32.9 Å². The number of rotatable bonds is 2. The van der Waals surface area contributed by atoms with Crippen LogP contribution in [0.25, 0.3) is 11.3 Å². The van der Waals surface area contributed by atoms with Crippen LogP contribution in [-0.4, -0.2) is 10.8 Å². The van der Waals surface area contributed by atoms with Gasteiger partial charge in [0.15, 0.2) is 5.78 Å². The summed E-state index contributed by atoms with van der Waals surface area (Å²) in [5.41, 5.74) is 7.08. The molecule has 0 bridgehead atoms. The monoisotopic (exact) mass is 225 g/mol. The molecule has 1 N–H and O–H groups in total. The molecule has 0 unspecified atom stereocenters. The van der Waals surface area contributed by atoms with Crippen LogP contribution in [0.5, 0.6) is 0 Å². The number of aromatic amines is 1. The van der Waals surface area contributed by atoms with Gasteiger partial charge in [-0.05, 0) is 23.1 Å². The van der Waals surface area contributed by atoms with Gasteiger partial charge in [0.25, 0.3) is 0 Å². The Kier molecular flexibility index (Phi) is 2.18. The molecule has 1 aliphatic carbocycles. The van der Waals surface area contributed by atoms with E-state index in [1.54, 1.807) is 6.92 Å². The molecule has 0 atom stereocenters. The predicted octanol–water partition coefficient (Wildman–Crippen LogP) is 3.35. The van der Waals surface area contributed by atoms with Gasteiger partial charge in [-0.25, -0.2) is 0 Å². The van der Waals surface area contributed by atoms with E-state index in [9.17, 15) is 4.79 Å². The smallest absolute Gasteiger partial charge is 0.176 e. The Labute approximate surface area is 101 Å². The van der Waals surface area contributed by atoms with Crippen LogP contribution >= 0.6 is 0 Å². The largest absolute Gasteiger partial charge is 0.352 e. The number of benzene rings is 1. The number of H-pyrrole nitrogens is 1. The third kappa shape index (κ3) is 1.37. The first-order valence-corrected chi connectivity index (χ1v) is 6.05. The van der Waals surface area contributed by atoms with Crippen molar-refractivity contribution >= 4 is 5.78 Å². The number of fused-ring (bicyclic) bond motifs is 3. The Hall–Kier alpha value is -1.83. The van der Waals surface area contributed by atoms with Crippen LogP contribution in [0.2, 0.25) is 0 Å². The highest BCUT2D eigenvalue weighted by Crippen LogP contribution is 2.39. The molecule has 86 valence electrons. The lowest BCUT2D eigenvalue weighted by molar-refractivity contribution is 0.101. The lowest BCUT2D eigenvalue weighted by Gasteiger charge is -2.01. The van der Waals surface area contributed by atoms with Crippen LogP contribution in [-0.2, 0) is 12.8 Å². The summed E-state index contributed by atoms with van der Waals surface area (Å²) >= 11 is 0. The van der Waals surface area contributed by atoms with E-state index in [0.29, 0.717) is 0 Å². The summed E-state index contributed by atoms with van der Waals surface area (Å²) in [6.07, 6.45) is 1.87. The van der Waals surface area contributed by atoms with Crippen LogP contribution in [0.15, 0.2) is 24.3 Å². The lowest BCUT2D eigenvalue weighted by Crippen LogP contribution is -1.99. The Balaban J connectivity index is 2.25. The molecular formula is C15H15NO. The Morgan fingerprint density at radius 1 is 1.35 bits per heavy atom. The molecule has 0 radical (unpaired) electrons. The highest BCUT2D eigenvalue weighted by atomic mass is 16.1. The minimum absolute atomic E-state index is 0.133. The Morgan fingerprint density at radius 2 is 2.12 bits per heavy atom. The van der Waals surface area contributed by atoms with E-state index in [4.69, 9.17) is 0 Å². The highest BCUT2D eigenvalue weighted by molar-refractivity contribution is 5.96. The third-order valence-corrected chi connectivity index (χ3v) is 3.58. The fourth-order valence-corrected chi connectivity index (χ4v) is 2.80. The molecule has 3 rings (SSSR count). The van der Waals surface area contributed by atoms with E-state index in [1.165, 1.54) is 22.3 Å². The molecule has 2 nitrogen and oxygen atoms in total. The summed E-state index contributed by atoms with van der Waals surface area (Å²) in [5, 5.41) is 0. The van der Waals surface area contributed by atoms with Gasteiger partial charge in [-0.2, -0.15) is 0 Å². The zero-order valence-electron chi connectivity index (χ0n) is 10.1. The standard InChI is InChI=1S/C15H15NO/c1-3-11-13-8-10-6-4-5-7-12(10)15(13)16-14(11)9(2)17/h4-7,16H,3,8H2,1-2H3. The number of nitrogens with one attached hydrogen (secondary N) is 1. The lowest BCUT2D eigenvalue weighted by atomic mass is 10.0. The van der Waals surface area contributed by atoms with Gasteiger partial charge in [0, 0.05) is 18.9 Å². The second-order valence-corrected chi connectivity index (χ2v) is 4.58. The maximum absolute atomic E-state index is 11.6. The molecule has 0 aliphatic heterocycles. The van der Waals surface area contributed by atoms with Crippen molar-refractivity contribution in [3.8, 4) is 11.3 Å². The highest BCUT2D eigenvalue weighted by Gasteiger charge is 2.26. The number of carbonyl (C=O) groups is 1. The maximum Gasteiger partial charge on any atom is 0.176 e. The van der Waals surface area contributed by atoms with E-state index in [-0.39, 0.29) is 5.78 Å². The van der Waals surface area contributed by atoms with Crippen molar-refractivity contribution in [2.45, 2.75) is 26.7 Å². The first-order chi connectivity index (χ1) is 8.22. The molecular weight excluding hydrogens is 210 g/mol. The maximum atomic E-state index is 11.6.